The van der Waals surface area contributed by atoms with Crippen LogP contribution in [0.25, 0.3) is 0 Å². The van der Waals surface area contributed by atoms with Gasteiger partial charge in [0.05, 0.1) is 11.4 Å². The maximum absolute atomic E-state index is 13.0. The third-order valence-electron chi connectivity index (χ3n) is 5.18. The molecule has 1 amide bonds. The lowest BCUT2D eigenvalue weighted by molar-refractivity contribution is 0.0981. The number of carbonyl (C=O) groups excluding carboxylic acids is 1. The van der Waals surface area contributed by atoms with Gasteiger partial charge in [-0.05, 0) is 62.1 Å². The SMILES string of the molecule is CC1Cc2ccccc2N1C(=O)c1ccc(N2CCCCS2(=O)=O)cc1. The van der Waals surface area contributed by atoms with Gasteiger partial charge in [-0.1, -0.05) is 18.2 Å². The van der Waals surface area contributed by atoms with Gasteiger partial charge >= 0.3 is 0 Å². The van der Waals surface area contributed by atoms with Crippen molar-refractivity contribution in [2.24, 2.45) is 0 Å². The predicted molar refractivity (Wildman–Crippen MR) is 103 cm³/mol. The van der Waals surface area contributed by atoms with Crippen molar-refractivity contribution in [3.63, 3.8) is 0 Å². The Bertz CT molecular complexity index is 938. The molecule has 0 saturated carbocycles. The van der Waals surface area contributed by atoms with Gasteiger partial charge in [-0.25, -0.2) is 8.42 Å². The van der Waals surface area contributed by atoms with E-state index < -0.39 is 10.0 Å². The Morgan fingerprint density at radius 1 is 1.04 bits per heavy atom. The first-order valence-corrected chi connectivity index (χ1v) is 10.6. The Kier molecular flexibility index (Phi) is 4.23. The van der Waals surface area contributed by atoms with E-state index in [1.807, 2.05) is 30.0 Å². The molecule has 1 atom stereocenters. The summed E-state index contributed by atoms with van der Waals surface area (Å²) in [5.41, 5.74) is 3.36. The predicted octanol–water partition coefficient (Wildman–Crippen LogP) is 3.21. The number of carbonyl (C=O) groups is 1. The average molecular weight is 370 g/mol. The van der Waals surface area contributed by atoms with Gasteiger partial charge in [-0.2, -0.15) is 0 Å². The minimum Gasteiger partial charge on any atom is -0.305 e. The van der Waals surface area contributed by atoms with E-state index in [-0.39, 0.29) is 17.7 Å². The molecule has 2 aromatic carbocycles. The van der Waals surface area contributed by atoms with Crippen molar-refractivity contribution >= 4 is 27.3 Å². The summed E-state index contributed by atoms with van der Waals surface area (Å²) < 4.78 is 25.9. The van der Waals surface area contributed by atoms with Gasteiger partial charge in [0, 0.05) is 23.8 Å². The summed E-state index contributed by atoms with van der Waals surface area (Å²) in [6.07, 6.45) is 2.43. The summed E-state index contributed by atoms with van der Waals surface area (Å²) in [5, 5.41) is 0. The number of rotatable bonds is 2. The lowest BCUT2D eigenvalue weighted by atomic mass is 10.1. The van der Waals surface area contributed by atoms with Crippen molar-refractivity contribution in [2.75, 3.05) is 21.5 Å². The van der Waals surface area contributed by atoms with Crippen LogP contribution < -0.4 is 9.21 Å². The van der Waals surface area contributed by atoms with Crippen LogP contribution in [-0.4, -0.2) is 32.7 Å². The number of para-hydroxylation sites is 1. The van der Waals surface area contributed by atoms with Gasteiger partial charge in [0.2, 0.25) is 10.0 Å². The lowest BCUT2D eigenvalue weighted by Crippen LogP contribution is -2.38. The first-order chi connectivity index (χ1) is 12.5. The highest BCUT2D eigenvalue weighted by Gasteiger charge is 2.31. The second kappa shape index (κ2) is 6.43. The molecule has 0 N–H and O–H groups in total. The maximum Gasteiger partial charge on any atom is 0.258 e. The van der Waals surface area contributed by atoms with Crippen LogP contribution in [0.5, 0.6) is 0 Å². The summed E-state index contributed by atoms with van der Waals surface area (Å²) in [6.45, 7) is 2.55. The van der Waals surface area contributed by atoms with Crippen molar-refractivity contribution < 1.29 is 13.2 Å². The number of amides is 1. The van der Waals surface area contributed by atoms with Gasteiger partial charge in [-0.15, -0.1) is 0 Å². The molecule has 1 unspecified atom stereocenters. The third kappa shape index (κ3) is 2.88. The van der Waals surface area contributed by atoms with Crippen LogP contribution in [0.3, 0.4) is 0 Å². The highest BCUT2D eigenvalue weighted by Crippen LogP contribution is 2.33. The van der Waals surface area contributed by atoms with Crippen LogP contribution in [0, 0.1) is 0 Å². The van der Waals surface area contributed by atoms with Crippen LogP contribution in [0.1, 0.15) is 35.7 Å². The molecule has 2 heterocycles. The monoisotopic (exact) mass is 370 g/mol. The van der Waals surface area contributed by atoms with E-state index >= 15 is 0 Å². The number of sulfonamides is 1. The Morgan fingerprint density at radius 3 is 2.50 bits per heavy atom. The molecule has 0 aliphatic carbocycles. The summed E-state index contributed by atoms with van der Waals surface area (Å²) in [5.74, 6) is 0.144. The fourth-order valence-corrected chi connectivity index (χ4v) is 5.50. The zero-order valence-electron chi connectivity index (χ0n) is 14.8. The molecular weight excluding hydrogens is 348 g/mol. The van der Waals surface area contributed by atoms with E-state index in [0.717, 1.165) is 18.5 Å². The molecule has 5 nitrogen and oxygen atoms in total. The molecule has 0 bridgehead atoms. The van der Waals surface area contributed by atoms with Gasteiger partial charge in [0.15, 0.2) is 0 Å². The van der Waals surface area contributed by atoms with E-state index in [9.17, 15) is 13.2 Å². The molecule has 6 heteroatoms. The van der Waals surface area contributed by atoms with Gasteiger partial charge in [0.25, 0.3) is 5.91 Å². The second-order valence-corrected chi connectivity index (χ2v) is 9.01. The van der Waals surface area contributed by atoms with Crippen LogP contribution >= 0.6 is 0 Å². The fraction of sp³-hybridized carbons (Fsp3) is 0.350. The Balaban J connectivity index is 1.60. The molecule has 1 fully saturated rings. The highest BCUT2D eigenvalue weighted by molar-refractivity contribution is 7.92. The Hall–Kier alpha value is -2.34. The van der Waals surface area contributed by atoms with E-state index in [1.54, 1.807) is 24.3 Å². The number of fused-ring (bicyclic) bond motifs is 1. The normalized spacial score (nSPS) is 21.5. The first-order valence-electron chi connectivity index (χ1n) is 8.99. The number of benzene rings is 2. The summed E-state index contributed by atoms with van der Waals surface area (Å²) in [4.78, 5) is 14.9. The van der Waals surface area contributed by atoms with Crippen LogP contribution in [0.2, 0.25) is 0 Å². The fourth-order valence-electron chi connectivity index (χ4n) is 3.86. The minimum absolute atomic E-state index is 0.0458. The molecule has 0 radical (unpaired) electrons. The van der Waals surface area contributed by atoms with E-state index in [1.165, 1.54) is 9.87 Å². The maximum atomic E-state index is 13.0. The van der Waals surface area contributed by atoms with Crippen LogP contribution in [0.4, 0.5) is 11.4 Å². The quantitative estimate of drug-likeness (QED) is 0.816. The molecule has 1 saturated heterocycles. The molecule has 26 heavy (non-hydrogen) atoms. The lowest BCUT2D eigenvalue weighted by Gasteiger charge is -2.28. The van der Waals surface area contributed by atoms with Crippen molar-refractivity contribution in [3.8, 4) is 0 Å². The largest absolute Gasteiger partial charge is 0.305 e. The number of anilines is 2. The Labute approximate surface area is 154 Å². The average Bonchev–Trinajstić information content (AvgIpc) is 2.97. The number of nitrogens with zero attached hydrogens (tertiary/aromatic N) is 2. The Morgan fingerprint density at radius 2 is 1.77 bits per heavy atom. The molecule has 2 aromatic rings. The molecule has 0 aromatic heterocycles. The molecule has 2 aliphatic rings. The van der Waals surface area contributed by atoms with Crippen LogP contribution in [0.15, 0.2) is 48.5 Å². The first kappa shape index (κ1) is 17.1. The molecule has 4 rings (SSSR count). The number of hydrogen-bond acceptors (Lipinski definition) is 3. The zero-order valence-corrected chi connectivity index (χ0v) is 15.6. The second-order valence-electron chi connectivity index (χ2n) is 7.00. The van der Waals surface area contributed by atoms with Crippen molar-refractivity contribution in [1.82, 2.24) is 0 Å². The molecule has 136 valence electrons. The van der Waals surface area contributed by atoms with Crippen molar-refractivity contribution in [2.45, 2.75) is 32.2 Å². The summed E-state index contributed by atoms with van der Waals surface area (Å²) in [7, 11) is -3.24. The van der Waals surface area contributed by atoms with Crippen LogP contribution in [-0.2, 0) is 16.4 Å². The minimum atomic E-state index is -3.24. The highest BCUT2D eigenvalue weighted by atomic mass is 32.2. The van der Waals surface area contributed by atoms with Crippen molar-refractivity contribution in [1.29, 1.82) is 0 Å². The molecule has 2 aliphatic heterocycles. The third-order valence-corrected chi connectivity index (χ3v) is 7.05. The molecule has 0 spiro atoms. The number of hydrogen-bond donors (Lipinski definition) is 0. The smallest absolute Gasteiger partial charge is 0.258 e. The van der Waals surface area contributed by atoms with Crippen molar-refractivity contribution in [3.05, 3.63) is 59.7 Å². The molecular formula is C20H22N2O3S. The van der Waals surface area contributed by atoms with E-state index in [4.69, 9.17) is 0 Å². The topological polar surface area (TPSA) is 57.7 Å². The van der Waals surface area contributed by atoms with Gasteiger partial charge in [0.1, 0.15) is 0 Å². The van der Waals surface area contributed by atoms with Gasteiger partial charge in [-0.3, -0.25) is 9.10 Å². The summed E-state index contributed by atoms with van der Waals surface area (Å²) in [6, 6.07) is 15.0. The van der Waals surface area contributed by atoms with Gasteiger partial charge < -0.3 is 4.90 Å². The summed E-state index contributed by atoms with van der Waals surface area (Å²) >= 11 is 0. The standard InChI is InChI=1S/C20H22N2O3S/c1-15-14-17-6-2-3-7-19(17)22(15)20(23)16-8-10-18(11-9-16)21-12-4-5-13-26(21,24)25/h2-3,6-11,15H,4-5,12-14H2,1H3. The zero-order chi connectivity index (χ0) is 18.3. The van der Waals surface area contributed by atoms with E-state index in [0.29, 0.717) is 24.2 Å². The van der Waals surface area contributed by atoms with E-state index in [2.05, 4.69) is 6.07 Å².